The maximum atomic E-state index is 5.95. The van der Waals surface area contributed by atoms with Crippen molar-refractivity contribution in [1.29, 1.82) is 0 Å². The summed E-state index contributed by atoms with van der Waals surface area (Å²) in [7, 11) is 0. The molecule has 0 aromatic carbocycles. The first-order valence-electron chi connectivity index (χ1n) is 8.10. The van der Waals surface area contributed by atoms with Gasteiger partial charge in [-0.05, 0) is 62.4 Å². The van der Waals surface area contributed by atoms with Crippen LogP contribution in [0.5, 0.6) is 0 Å². The van der Waals surface area contributed by atoms with E-state index in [4.69, 9.17) is 9.47 Å². The monoisotopic (exact) mass is 290 g/mol. The Hall–Kier alpha value is -0.970. The quantitative estimate of drug-likeness (QED) is 0.834. The zero-order chi connectivity index (χ0) is 14.5. The van der Waals surface area contributed by atoms with E-state index in [-0.39, 0.29) is 0 Å². The summed E-state index contributed by atoms with van der Waals surface area (Å²) in [6, 6.07) is 4.22. The first-order valence-corrected chi connectivity index (χ1v) is 8.10. The largest absolute Gasteiger partial charge is 0.379 e. The fraction of sp³-hybridized carbons (Fsp3) is 0.706. The maximum Gasteiger partial charge on any atom is 0.0814 e. The van der Waals surface area contributed by atoms with Gasteiger partial charge in [0.15, 0.2) is 0 Å². The molecule has 2 saturated heterocycles. The Morgan fingerprint density at radius 2 is 2.10 bits per heavy atom. The molecule has 3 heterocycles. The second kappa shape index (κ2) is 6.86. The van der Waals surface area contributed by atoms with Crippen molar-refractivity contribution in [2.45, 2.75) is 38.8 Å². The molecule has 2 aliphatic heterocycles. The second-order valence-electron chi connectivity index (χ2n) is 6.43. The van der Waals surface area contributed by atoms with Crippen LogP contribution in [0.3, 0.4) is 0 Å². The van der Waals surface area contributed by atoms with Crippen LogP contribution in [0.1, 0.15) is 31.7 Å². The molecule has 1 atom stereocenters. The van der Waals surface area contributed by atoms with Crippen molar-refractivity contribution in [3.63, 3.8) is 0 Å². The number of rotatable bonds is 5. The van der Waals surface area contributed by atoms with Gasteiger partial charge in [0.1, 0.15) is 0 Å². The summed E-state index contributed by atoms with van der Waals surface area (Å²) in [6.07, 6.45) is 7.75. The summed E-state index contributed by atoms with van der Waals surface area (Å²) >= 11 is 0. The van der Waals surface area contributed by atoms with E-state index in [1.165, 1.54) is 37.9 Å². The highest BCUT2D eigenvalue weighted by Gasteiger charge is 2.42. The zero-order valence-corrected chi connectivity index (χ0v) is 13.0. The lowest BCUT2D eigenvalue weighted by molar-refractivity contribution is 0.0158. The Bertz CT molecular complexity index is 430. The third-order valence-corrected chi connectivity index (χ3v) is 4.87. The molecule has 2 fully saturated rings. The Kier molecular flexibility index (Phi) is 4.88. The molecule has 0 aliphatic carbocycles. The molecule has 0 saturated carbocycles. The molecule has 0 unspecified atom stereocenters. The standard InChI is InChI=1S/C17H26N2O2/c1-2-20-13-16-11-17(14-21-16)5-9-19(10-6-17)12-15-3-7-18-8-4-15/h3-4,7-8,16H,2,5-6,9-14H2,1H3/t16-/m0/s1. The minimum absolute atomic E-state index is 0.316. The molecule has 2 aliphatic rings. The van der Waals surface area contributed by atoms with Gasteiger partial charge in [-0.25, -0.2) is 0 Å². The van der Waals surface area contributed by atoms with Crippen molar-refractivity contribution in [3.8, 4) is 0 Å². The summed E-state index contributed by atoms with van der Waals surface area (Å²) in [5.74, 6) is 0. The molecule has 0 bridgehead atoms. The number of aromatic nitrogens is 1. The first kappa shape index (κ1) is 14.9. The highest BCUT2D eigenvalue weighted by Crippen LogP contribution is 2.42. The summed E-state index contributed by atoms with van der Waals surface area (Å²) in [6.45, 7) is 7.91. The van der Waals surface area contributed by atoms with Crippen molar-refractivity contribution in [2.75, 3.05) is 32.9 Å². The number of nitrogens with zero attached hydrogens (tertiary/aromatic N) is 2. The fourth-order valence-electron chi connectivity index (χ4n) is 3.53. The van der Waals surface area contributed by atoms with Crippen LogP contribution in [0, 0.1) is 5.41 Å². The van der Waals surface area contributed by atoms with E-state index in [1.54, 1.807) is 0 Å². The smallest absolute Gasteiger partial charge is 0.0814 e. The Balaban J connectivity index is 1.47. The van der Waals surface area contributed by atoms with Gasteiger partial charge in [0.25, 0.3) is 0 Å². The average molecular weight is 290 g/mol. The molecule has 4 nitrogen and oxygen atoms in total. The van der Waals surface area contributed by atoms with Gasteiger partial charge >= 0.3 is 0 Å². The molecule has 116 valence electrons. The number of ether oxygens (including phenoxy) is 2. The Morgan fingerprint density at radius 1 is 1.33 bits per heavy atom. The molecule has 1 aromatic heterocycles. The van der Waals surface area contributed by atoms with Crippen LogP contribution < -0.4 is 0 Å². The van der Waals surface area contributed by atoms with Crippen LogP contribution in [0.15, 0.2) is 24.5 Å². The van der Waals surface area contributed by atoms with Gasteiger partial charge in [-0.3, -0.25) is 9.88 Å². The highest BCUT2D eigenvalue weighted by atomic mass is 16.5. The van der Waals surface area contributed by atoms with Gasteiger partial charge in [-0.15, -0.1) is 0 Å². The molecule has 0 N–H and O–H groups in total. The van der Waals surface area contributed by atoms with Gasteiger partial charge in [0.2, 0.25) is 0 Å². The average Bonchev–Trinajstić information content (AvgIpc) is 2.92. The molecule has 0 radical (unpaired) electrons. The summed E-state index contributed by atoms with van der Waals surface area (Å²) in [5, 5.41) is 0. The first-order chi connectivity index (χ1) is 10.3. The van der Waals surface area contributed by atoms with Crippen molar-refractivity contribution >= 4 is 0 Å². The van der Waals surface area contributed by atoms with Crippen LogP contribution in [-0.2, 0) is 16.0 Å². The van der Waals surface area contributed by atoms with Gasteiger partial charge in [0, 0.05) is 25.5 Å². The molecule has 1 spiro atoms. The minimum Gasteiger partial charge on any atom is -0.379 e. The van der Waals surface area contributed by atoms with E-state index in [1.807, 2.05) is 19.3 Å². The van der Waals surface area contributed by atoms with Crippen LogP contribution in [0.25, 0.3) is 0 Å². The van der Waals surface area contributed by atoms with Gasteiger partial charge < -0.3 is 9.47 Å². The number of hydrogen-bond acceptors (Lipinski definition) is 4. The molecular weight excluding hydrogens is 264 g/mol. The number of pyridine rings is 1. The molecule has 3 rings (SSSR count). The molecule has 21 heavy (non-hydrogen) atoms. The van der Waals surface area contributed by atoms with E-state index in [0.717, 1.165) is 26.4 Å². The van der Waals surface area contributed by atoms with E-state index in [0.29, 0.717) is 11.5 Å². The third kappa shape index (κ3) is 3.82. The third-order valence-electron chi connectivity index (χ3n) is 4.87. The van der Waals surface area contributed by atoms with E-state index < -0.39 is 0 Å². The predicted molar refractivity (Wildman–Crippen MR) is 82.0 cm³/mol. The predicted octanol–water partition coefficient (Wildman–Crippen LogP) is 2.49. The van der Waals surface area contributed by atoms with Gasteiger partial charge in [0.05, 0.1) is 19.3 Å². The van der Waals surface area contributed by atoms with E-state index in [2.05, 4.69) is 22.0 Å². The van der Waals surface area contributed by atoms with Crippen LogP contribution >= 0.6 is 0 Å². The van der Waals surface area contributed by atoms with Crippen molar-refractivity contribution in [3.05, 3.63) is 30.1 Å². The van der Waals surface area contributed by atoms with Crippen LogP contribution in [0.2, 0.25) is 0 Å². The Labute approximate surface area is 127 Å². The Morgan fingerprint density at radius 3 is 2.81 bits per heavy atom. The minimum atomic E-state index is 0.316. The summed E-state index contributed by atoms with van der Waals surface area (Å²) < 4.78 is 11.5. The molecule has 1 aromatic rings. The van der Waals surface area contributed by atoms with E-state index in [9.17, 15) is 0 Å². The lowest BCUT2D eigenvalue weighted by atomic mass is 9.76. The van der Waals surface area contributed by atoms with Crippen molar-refractivity contribution < 1.29 is 9.47 Å². The lowest BCUT2D eigenvalue weighted by Crippen LogP contribution is -2.40. The van der Waals surface area contributed by atoms with Gasteiger partial charge in [-0.2, -0.15) is 0 Å². The van der Waals surface area contributed by atoms with Crippen LogP contribution in [0.4, 0.5) is 0 Å². The number of likely N-dealkylation sites (tertiary alicyclic amines) is 1. The topological polar surface area (TPSA) is 34.6 Å². The van der Waals surface area contributed by atoms with E-state index >= 15 is 0 Å². The molecular formula is C17H26N2O2. The molecule has 4 heteroatoms. The van der Waals surface area contributed by atoms with Crippen LogP contribution in [-0.4, -0.2) is 48.9 Å². The number of piperidine rings is 1. The second-order valence-corrected chi connectivity index (χ2v) is 6.43. The SMILES string of the molecule is CCOC[C@@H]1CC2(CCN(Cc3ccncc3)CC2)CO1. The lowest BCUT2D eigenvalue weighted by Gasteiger charge is -2.38. The maximum absolute atomic E-state index is 5.95. The zero-order valence-electron chi connectivity index (χ0n) is 13.0. The fourth-order valence-corrected chi connectivity index (χ4v) is 3.53. The van der Waals surface area contributed by atoms with Crippen molar-refractivity contribution in [2.24, 2.45) is 5.41 Å². The highest BCUT2D eigenvalue weighted by molar-refractivity contribution is 5.09. The summed E-state index contributed by atoms with van der Waals surface area (Å²) in [5.41, 5.74) is 1.77. The molecule has 0 amide bonds. The normalized spacial score (nSPS) is 25.5. The summed E-state index contributed by atoms with van der Waals surface area (Å²) in [4.78, 5) is 6.63. The number of hydrogen-bond donors (Lipinski definition) is 0. The van der Waals surface area contributed by atoms with Crippen molar-refractivity contribution in [1.82, 2.24) is 9.88 Å². The van der Waals surface area contributed by atoms with Gasteiger partial charge in [-0.1, -0.05) is 0 Å².